The van der Waals surface area contributed by atoms with Gasteiger partial charge in [0.05, 0.1) is 11.0 Å². The van der Waals surface area contributed by atoms with Crippen molar-refractivity contribution in [2.75, 3.05) is 12.3 Å². The van der Waals surface area contributed by atoms with E-state index in [4.69, 9.17) is 4.74 Å². The number of thiol groups is 1. The number of hydrogen-bond acceptors (Lipinski definition) is 6. The highest BCUT2D eigenvalue weighted by Crippen LogP contribution is 2.22. The van der Waals surface area contributed by atoms with Gasteiger partial charge in [-0.25, -0.2) is 9.59 Å². The van der Waals surface area contributed by atoms with Crippen LogP contribution in [0.5, 0.6) is 0 Å². The average Bonchev–Trinajstić information content (AvgIpc) is 3.39. The van der Waals surface area contributed by atoms with Gasteiger partial charge in [-0.15, -0.1) is 0 Å². The fraction of sp³-hybridized carbons (Fsp3) is 0.400. The molecule has 1 amide bonds. The number of hydrogen-bond donors (Lipinski definition) is 2. The lowest BCUT2D eigenvalue weighted by molar-refractivity contribution is -0.155. The monoisotopic (exact) mass is 414 g/mol. The largest absolute Gasteiger partial charge is 0.458 e. The number of nitrogens with one attached hydrogen (secondary N) is 1. The van der Waals surface area contributed by atoms with Gasteiger partial charge in [0.25, 0.3) is 0 Å². The molecule has 1 N–H and O–H groups in total. The number of rotatable bonds is 5. The lowest BCUT2D eigenvalue weighted by Gasteiger charge is -2.25. The van der Waals surface area contributed by atoms with E-state index >= 15 is 0 Å². The van der Waals surface area contributed by atoms with Crippen LogP contribution < -0.4 is 5.69 Å². The molecule has 1 unspecified atom stereocenters. The Bertz CT molecular complexity index is 1140. The van der Waals surface area contributed by atoms with E-state index in [1.165, 1.54) is 4.52 Å². The van der Waals surface area contributed by atoms with E-state index in [-0.39, 0.29) is 24.1 Å². The van der Waals surface area contributed by atoms with Gasteiger partial charge in [0.1, 0.15) is 18.3 Å². The summed E-state index contributed by atoms with van der Waals surface area (Å²) in [4.78, 5) is 41.7. The summed E-state index contributed by atoms with van der Waals surface area (Å²) in [6.45, 7) is 2.29. The molecule has 9 heteroatoms. The summed E-state index contributed by atoms with van der Waals surface area (Å²) < 4.78 is 6.72. The number of carbonyl (C=O) groups is 2. The van der Waals surface area contributed by atoms with Crippen LogP contribution in [0.3, 0.4) is 0 Å². The van der Waals surface area contributed by atoms with Gasteiger partial charge in [0.2, 0.25) is 5.91 Å². The Labute approximate surface area is 172 Å². The fourth-order valence-corrected chi connectivity index (χ4v) is 3.87. The number of nitrogens with zero attached hydrogens (tertiary/aromatic N) is 3. The molecule has 0 radical (unpaired) electrons. The standard InChI is InChI=1S/C20H22N4O4S/c1-12(11-29)18(25)23-8-4-7-16(23)19(26)28-10-13-9-17-14-5-2-3-6-15(14)21-20(27)24(17)22-13/h2-3,5-6,9,12,16,29H,4,7-8,10-11H2,1H3,(H,21,27)/t12?,16-/m0/s1. The highest BCUT2D eigenvalue weighted by molar-refractivity contribution is 7.80. The zero-order chi connectivity index (χ0) is 20.5. The van der Waals surface area contributed by atoms with E-state index in [9.17, 15) is 14.4 Å². The second-order valence-corrected chi connectivity index (χ2v) is 7.65. The molecule has 29 heavy (non-hydrogen) atoms. The molecule has 2 aromatic heterocycles. The normalized spacial score (nSPS) is 17.7. The minimum atomic E-state index is -0.578. The molecule has 0 aliphatic carbocycles. The molecule has 8 nitrogen and oxygen atoms in total. The molecule has 3 heterocycles. The Kier molecular flexibility index (Phi) is 5.31. The van der Waals surface area contributed by atoms with Crippen molar-refractivity contribution in [3.8, 4) is 0 Å². The third-order valence-corrected chi connectivity index (χ3v) is 5.81. The van der Waals surface area contributed by atoms with E-state index in [0.29, 0.717) is 35.4 Å². The van der Waals surface area contributed by atoms with Crippen molar-refractivity contribution in [2.45, 2.75) is 32.4 Å². The Balaban J connectivity index is 1.51. The second-order valence-electron chi connectivity index (χ2n) is 7.29. The van der Waals surface area contributed by atoms with Gasteiger partial charge >= 0.3 is 11.7 Å². The fourth-order valence-electron chi connectivity index (χ4n) is 3.71. The number of amides is 1. The molecule has 0 saturated carbocycles. The maximum atomic E-state index is 12.6. The quantitative estimate of drug-likeness (QED) is 0.490. The average molecular weight is 414 g/mol. The van der Waals surface area contributed by atoms with Crippen LogP contribution in [-0.2, 0) is 20.9 Å². The number of esters is 1. The summed E-state index contributed by atoms with van der Waals surface area (Å²) in [7, 11) is 0. The molecule has 4 rings (SSSR count). The topological polar surface area (TPSA) is 96.8 Å². The molecule has 0 spiro atoms. The summed E-state index contributed by atoms with van der Waals surface area (Å²) in [5.74, 6) is -0.339. The zero-order valence-corrected chi connectivity index (χ0v) is 16.9. The number of carbonyl (C=O) groups excluding carboxylic acids is 2. The van der Waals surface area contributed by atoms with Crippen LogP contribution >= 0.6 is 12.6 Å². The van der Waals surface area contributed by atoms with Crippen LogP contribution in [0.15, 0.2) is 35.1 Å². The van der Waals surface area contributed by atoms with Gasteiger partial charge in [-0.1, -0.05) is 25.1 Å². The van der Waals surface area contributed by atoms with Crippen molar-refractivity contribution < 1.29 is 14.3 Å². The van der Waals surface area contributed by atoms with Crippen molar-refractivity contribution in [2.24, 2.45) is 5.92 Å². The first-order valence-corrected chi connectivity index (χ1v) is 10.2. The number of fused-ring (bicyclic) bond motifs is 3. The predicted molar refractivity (Wildman–Crippen MR) is 111 cm³/mol. The van der Waals surface area contributed by atoms with Crippen LogP contribution in [0.4, 0.5) is 0 Å². The van der Waals surface area contributed by atoms with Crippen molar-refractivity contribution in [1.29, 1.82) is 0 Å². The van der Waals surface area contributed by atoms with Crippen LogP contribution in [0.2, 0.25) is 0 Å². The Morgan fingerprint density at radius 2 is 2.17 bits per heavy atom. The minimum Gasteiger partial charge on any atom is -0.458 e. The number of aromatic nitrogens is 3. The Morgan fingerprint density at radius 1 is 1.38 bits per heavy atom. The van der Waals surface area contributed by atoms with Crippen molar-refractivity contribution >= 4 is 40.9 Å². The minimum absolute atomic E-state index is 0.0606. The van der Waals surface area contributed by atoms with Gasteiger partial charge in [0, 0.05) is 23.6 Å². The third-order valence-electron chi connectivity index (χ3n) is 5.26. The first-order valence-electron chi connectivity index (χ1n) is 9.57. The van der Waals surface area contributed by atoms with Gasteiger partial charge in [0.15, 0.2) is 0 Å². The summed E-state index contributed by atoms with van der Waals surface area (Å²) >= 11 is 4.17. The van der Waals surface area contributed by atoms with E-state index in [1.807, 2.05) is 24.3 Å². The first kappa shape index (κ1) is 19.5. The van der Waals surface area contributed by atoms with E-state index in [1.54, 1.807) is 17.9 Å². The summed E-state index contributed by atoms with van der Waals surface area (Å²) in [5, 5.41) is 5.11. The van der Waals surface area contributed by atoms with Crippen LogP contribution in [0, 0.1) is 5.92 Å². The zero-order valence-electron chi connectivity index (χ0n) is 16.0. The molecule has 0 bridgehead atoms. The van der Waals surface area contributed by atoms with Crippen molar-refractivity contribution in [3.63, 3.8) is 0 Å². The van der Waals surface area contributed by atoms with Crippen LogP contribution in [0.1, 0.15) is 25.5 Å². The SMILES string of the molecule is CC(CS)C(=O)N1CCC[C@H]1C(=O)OCc1cc2c3ccccc3[nH]c(=O)n2n1. The number of benzene rings is 1. The summed E-state index contributed by atoms with van der Waals surface area (Å²) in [6.07, 6.45) is 1.35. The molecule has 3 aromatic rings. The molecule has 1 aromatic carbocycles. The second kappa shape index (κ2) is 7.90. The molecular weight excluding hydrogens is 392 g/mol. The smallest absolute Gasteiger partial charge is 0.347 e. The number of aromatic amines is 1. The summed E-state index contributed by atoms with van der Waals surface area (Å²) in [6, 6.07) is 8.60. The maximum absolute atomic E-state index is 12.6. The van der Waals surface area contributed by atoms with E-state index in [2.05, 4.69) is 22.7 Å². The van der Waals surface area contributed by atoms with Crippen LogP contribution in [-0.4, -0.2) is 49.7 Å². The number of likely N-dealkylation sites (tertiary alicyclic amines) is 1. The first-order chi connectivity index (χ1) is 14.0. The number of para-hydroxylation sites is 1. The molecule has 2 atom stereocenters. The highest BCUT2D eigenvalue weighted by Gasteiger charge is 2.36. The van der Waals surface area contributed by atoms with Gasteiger partial charge in [-0.3, -0.25) is 4.79 Å². The molecule has 1 saturated heterocycles. The van der Waals surface area contributed by atoms with Crippen molar-refractivity contribution in [1.82, 2.24) is 19.5 Å². The molecule has 1 aliphatic rings. The Morgan fingerprint density at radius 3 is 2.97 bits per heavy atom. The van der Waals surface area contributed by atoms with Gasteiger partial charge in [-0.05, 0) is 25.0 Å². The van der Waals surface area contributed by atoms with Crippen molar-refractivity contribution in [3.05, 3.63) is 46.5 Å². The molecule has 1 fully saturated rings. The van der Waals surface area contributed by atoms with E-state index < -0.39 is 12.0 Å². The van der Waals surface area contributed by atoms with Crippen LogP contribution in [0.25, 0.3) is 16.4 Å². The molecular formula is C20H22N4O4S. The lowest BCUT2D eigenvalue weighted by Crippen LogP contribution is -2.44. The third kappa shape index (κ3) is 3.62. The summed E-state index contributed by atoms with van der Waals surface area (Å²) in [5.41, 5.74) is 1.48. The Hall–Kier alpha value is -2.81. The molecule has 1 aliphatic heterocycles. The maximum Gasteiger partial charge on any atom is 0.347 e. The van der Waals surface area contributed by atoms with E-state index in [0.717, 1.165) is 11.8 Å². The van der Waals surface area contributed by atoms with Gasteiger partial charge in [-0.2, -0.15) is 22.2 Å². The lowest BCUT2D eigenvalue weighted by atomic mass is 10.1. The predicted octanol–water partition coefficient (Wildman–Crippen LogP) is 1.78. The molecule has 152 valence electrons. The van der Waals surface area contributed by atoms with Gasteiger partial charge < -0.3 is 14.6 Å². The highest BCUT2D eigenvalue weighted by atomic mass is 32.1. The number of ether oxygens (including phenoxy) is 1. The number of H-pyrrole nitrogens is 1.